The molecule has 0 aliphatic carbocycles. The maximum Gasteiger partial charge on any atom is 0.307 e. The van der Waals surface area contributed by atoms with E-state index in [1.54, 1.807) is 54.6 Å². The van der Waals surface area contributed by atoms with Crippen LogP contribution in [0, 0.1) is 0 Å². The third kappa shape index (κ3) is 4.04. The average molecular weight is 498 g/mol. The largest absolute Gasteiger partial charge is 0.507 e. The summed E-state index contributed by atoms with van der Waals surface area (Å²) < 4.78 is 0.801. The van der Waals surface area contributed by atoms with Crippen LogP contribution in [0.5, 0.6) is 0 Å². The third-order valence-corrected chi connectivity index (χ3v) is 6.66. The third-order valence-electron chi connectivity index (χ3n) is 4.92. The van der Waals surface area contributed by atoms with Gasteiger partial charge in [0.05, 0.1) is 12.0 Å². The molecule has 2 aromatic carbocycles. The normalized spacial score (nSPS) is 17.8. The molecule has 1 atom stereocenters. The molecule has 2 heterocycles. The number of aliphatic hydroxyl groups is 1. The van der Waals surface area contributed by atoms with E-state index in [0.29, 0.717) is 21.7 Å². The number of halogens is 1. The molecule has 0 bridgehead atoms. The van der Waals surface area contributed by atoms with Crippen LogP contribution in [0.15, 0.2) is 76.1 Å². The molecule has 31 heavy (non-hydrogen) atoms. The SMILES string of the molecule is O=C(O)Cc1ccc(N2C(=O)C(=O)C(=C(O)c3ccccc3)[C@@H]2c2cc(Br)cs2)cc1. The highest BCUT2D eigenvalue weighted by Crippen LogP contribution is 2.44. The second-order valence-corrected chi connectivity index (χ2v) is 8.80. The lowest BCUT2D eigenvalue weighted by atomic mass is 9.99. The molecule has 1 amide bonds. The van der Waals surface area contributed by atoms with E-state index in [9.17, 15) is 19.5 Å². The molecule has 0 unspecified atom stereocenters. The van der Waals surface area contributed by atoms with E-state index in [-0.39, 0.29) is 17.8 Å². The first-order valence-corrected chi connectivity index (χ1v) is 10.9. The molecule has 1 saturated heterocycles. The van der Waals surface area contributed by atoms with Crippen molar-refractivity contribution in [3.8, 4) is 0 Å². The van der Waals surface area contributed by atoms with Gasteiger partial charge in [-0.1, -0.05) is 42.5 Å². The Morgan fingerprint density at radius 3 is 2.29 bits per heavy atom. The second-order valence-electron chi connectivity index (χ2n) is 6.94. The number of hydrogen-bond acceptors (Lipinski definition) is 5. The van der Waals surface area contributed by atoms with Gasteiger partial charge < -0.3 is 10.2 Å². The van der Waals surface area contributed by atoms with E-state index in [2.05, 4.69) is 15.9 Å². The van der Waals surface area contributed by atoms with Crippen LogP contribution in [-0.4, -0.2) is 27.9 Å². The second kappa shape index (κ2) is 8.49. The Hall–Kier alpha value is -3.23. The fourth-order valence-corrected chi connectivity index (χ4v) is 5.08. The molecule has 6 nitrogen and oxygen atoms in total. The lowest BCUT2D eigenvalue weighted by molar-refractivity contribution is -0.136. The Balaban J connectivity index is 1.85. The highest BCUT2D eigenvalue weighted by Gasteiger charge is 2.47. The number of Topliss-reactive ketones (excluding diaryl/α,β-unsaturated/α-hetero) is 1. The summed E-state index contributed by atoms with van der Waals surface area (Å²) >= 11 is 4.77. The van der Waals surface area contributed by atoms with E-state index in [1.807, 2.05) is 11.4 Å². The average Bonchev–Trinajstić information content (AvgIpc) is 3.29. The Morgan fingerprint density at radius 2 is 1.71 bits per heavy atom. The predicted molar refractivity (Wildman–Crippen MR) is 121 cm³/mol. The van der Waals surface area contributed by atoms with Gasteiger partial charge in [0, 0.05) is 26.0 Å². The number of benzene rings is 2. The van der Waals surface area contributed by atoms with Crippen LogP contribution in [0.1, 0.15) is 22.0 Å². The summed E-state index contributed by atoms with van der Waals surface area (Å²) in [6.07, 6.45) is -0.144. The van der Waals surface area contributed by atoms with Gasteiger partial charge >= 0.3 is 5.97 Å². The number of amides is 1. The lowest BCUT2D eigenvalue weighted by Crippen LogP contribution is -2.29. The minimum atomic E-state index is -0.959. The van der Waals surface area contributed by atoms with Gasteiger partial charge in [0.2, 0.25) is 0 Å². The quantitative estimate of drug-likeness (QED) is 0.301. The summed E-state index contributed by atoms with van der Waals surface area (Å²) in [6, 6.07) is 16.1. The first-order chi connectivity index (χ1) is 14.9. The van der Waals surface area contributed by atoms with Crippen molar-refractivity contribution in [1.82, 2.24) is 0 Å². The number of carbonyl (C=O) groups is 3. The molecule has 3 aromatic rings. The number of carboxylic acids is 1. The fraction of sp³-hybridized carbons (Fsp3) is 0.0870. The Morgan fingerprint density at radius 1 is 1.03 bits per heavy atom. The summed E-state index contributed by atoms with van der Waals surface area (Å²) in [5, 5.41) is 21.8. The maximum absolute atomic E-state index is 13.0. The number of thiophene rings is 1. The lowest BCUT2D eigenvalue weighted by Gasteiger charge is -2.24. The first-order valence-electron chi connectivity index (χ1n) is 9.28. The van der Waals surface area contributed by atoms with Crippen molar-refractivity contribution in [2.75, 3.05) is 4.90 Å². The van der Waals surface area contributed by atoms with Crippen molar-refractivity contribution in [2.24, 2.45) is 0 Å². The molecule has 2 N–H and O–H groups in total. The number of anilines is 1. The number of nitrogens with zero attached hydrogens (tertiary/aromatic N) is 1. The predicted octanol–water partition coefficient (Wildman–Crippen LogP) is 4.76. The topological polar surface area (TPSA) is 94.9 Å². The molecule has 0 radical (unpaired) electrons. The molecule has 0 spiro atoms. The molecule has 156 valence electrons. The molecule has 0 saturated carbocycles. The van der Waals surface area contributed by atoms with Gasteiger partial charge in [0.15, 0.2) is 0 Å². The Bertz CT molecular complexity index is 1200. The van der Waals surface area contributed by atoms with Crippen LogP contribution in [-0.2, 0) is 20.8 Å². The molecule has 1 aliphatic heterocycles. The zero-order valence-electron chi connectivity index (χ0n) is 16.0. The van der Waals surface area contributed by atoms with Gasteiger partial charge in [-0.25, -0.2) is 0 Å². The van der Waals surface area contributed by atoms with Crippen molar-refractivity contribution in [3.63, 3.8) is 0 Å². The van der Waals surface area contributed by atoms with Crippen molar-refractivity contribution in [1.29, 1.82) is 0 Å². The summed E-state index contributed by atoms with van der Waals surface area (Å²) in [5.41, 5.74) is 1.48. The zero-order chi connectivity index (χ0) is 22.1. The van der Waals surface area contributed by atoms with Gasteiger partial charge in [-0.2, -0.15) is 0 Å². The van der Waals surface area contributed by atoms with Gasteiger partial charge in [-0.05, 0) is 39.7 Å². The monoisotopic (exact) mass is 497 g/mol. The highest BCUT2D eigenvalue weighted by molar-refractivity contribution is 9.10. The van der Waals surface area contributed by atoms with Crippen LogP contribution >= 0.6 is 27.3 Å². The van der Waals surface area contributed by atoms with Crippen LogP contribution in [0.3, 0.4) is 0 Å². The Kier molecular flexibility index (Phi) is 5.75. The van der Waals surface area contributed by atoms with Crippen molar-refractivity contribution in [3.05, 3.63) is 92.1 Å². The van der Waals surface area contributed by atoms with Crippen molar-refractivity contribution in [2.45, 2.75) is 12.5 Å². The minimum absolute atomic E-state index is 0.0140. The minimum Gasteiger partial charge on any atom is -0.507 e. The highest BCUT2D eigenvalue weighted by atomic mass is 79.9. The number of aliphatic carboxylic acids is 1. The number of carbonyl (C=O) groups excluding carboxylic acids is 2. The van der Waals surface area contributed by atoms with Gasteiger partial charge in [0.1, 0.15) is 11.8 Å². The van der Waals surface area contributed by atoms with Gasteiger partial charge in [0.25, 0.3) is 11.7 Å². The molecule has 4 rings (SSSR count). The summed E-state index contributed by atoms with van der Waals surface area (Å²) in [4.78, 5) is 39.1. The molecule has 1 fully saturated rings. The van der Waals surface area contributed by atoms with E-state index in [4.69, 9.17) is 5.11 Å². The van der Waals surface area contributed by atoms with Gasteiger partial charge in [-0.15, -0.1) is 11.3 Å². The molecule has 1 aromatic heterocycles. The van der Waals surface area contributed by atoms with E-state index < -0.39 is 23.7 Å². The Labute approximate surface area is 190 Å². The zero-order valence-corrected chi connectivity index (χ0v) is 18.4. The summed E-state index contributed by atoms with van der Waals surface area (Å²) in [6.45, 7) is 0. The summed E-state index contributed by atoms with van der Waals surface area (Å²) in [5.74, 6) is -2.72. The maximum atomic E-state index is 13.0. The number of aliphatic hydroxyl groups excluding tert-OH is 1. The number of hydrogen-bond donors (Lipinski definition) is 2. The van der Waals surface area contributed by atoms with Crippen molar-refractivity contribution >= 4 is 56.4 Å². The number of ketones is 1. The smallest absolute Gasteiger partial charge is 0.307 e. The summed E-state index contributed by atoms with van der Waals surface area (Å²) in [7, 11) is 0. The molecular formula is C23H16BrNO5S. The standard InChI is InChI=1S/C23H16BrNO5S/c24-15-11-17(31-12-15)20-19(21(28)14-4-2-1-3-5-14)22(29)23(30)25(20)16-8-6-13(7-9-16)10-18(26)27/h1-9,11-12,20,28H,10H2,(H,26,27)/t20-/m0/s1. The molecule has 1 aliphatic rings. The van der Waals surface area contributed by atoms with Crippen LogP contribution in [0.2, 0.25) is 0 Å². The van der Waals surface area contributed by atoms with E-state index >= 15 is 0 Å². The van der Waals surface area contributed by atoms with Crippen molar-refractivity contribution < 1.29 is 24.6 Å². The van der Waals surface area contributed by atoms with E-state index in [0.717, 1.165) is 4.47 Å². The number of rotatable bonds is 5. The fourth-order valence-electron chi connectivity index (χ4n) is 3.54. The van der Waals surface area contributed by atoms with E-state index in [1.165, 1.54) is 16.2 Å². The molecule has 8 heteroatoms. The molecular weight excluding hydrogens is 482 g/mol. The number of carboxylic acid groups (broad SMARTS) is 1. The van der Waals surface area contributed by atoms with Crippen LogP contribution in [0.25, 0.3) is 5.76 Å². The first kappa shape index (κ1) is 21.0. The van der Waals surface area contributed by atoms with Crippen LogP contribution < -0.4 is 4.90 Å². The van der Waals surface area contributed by atoms with Crippen LogP contribution in [0.4, 0.5) is 5.69 Å². The van der Waals surface area contributed by atoms with Gasteiger partial charge in [-0.3, -0.25) is 19.3 Å².